The SMILES string of the molecule is C=C(C(=O)OC/C=C/COC(=O)C(=C)C(O)c1ccccc1)C(O)c1ccccc1. The first-order chi connectivity index (χ1) is 14.4. The summed E-state index contributed by atoms with van der Waals surface area (Å²) in [6.07, 6.45) is 0.685. The average Bonchev–Trinajstić information content (AvgIpc) is 2.80. The number of hydrogen-bond acceptors (Lipinski definition) is 6. The number of aliphatic hydroxyl groups excluding tert-OH is 2. The highest BCUT2D eigenvalue weighted by atomic mass is 16.5. The summed E-state index contributed by atoms with van der Waals surface area (Å²) >= 11 is 0. The van der Waals surface area contributed by atoms with Crippen molar-refractivity contribution >= 4 is 11.9 Å². The van der Waals surface area contributed by atoms with Crippen molar-refractivity contribution < 1.29 is 29.3 Å². The minimum atomic E-state index is -1.15. The molecule has 2 aromatic rings. The fourth-order valence-electron chi connectivity index (χ4n) is 2.47. The first-order valence-electron chi connectivity index (χ1n) is 9.24. The van der Waals surface area contributed by atoms with Crippen LogP contribution in [0.3, 0.4) is 0 Å². The second kappa shape index (κ2) is 11.5. The van der Waals surface area contributed by atoms with Crippen molar-refractivity contribution in [3.63, 3.8) is 0 Å². The van der Waals surface area contributed by atoms with E-state index in [9.17, 15) is 19.8 Å². The summed E-state index contributed by atoms with van der Waals surface area (Å²) in [4.78, 5) is 23.9. The Morgan fingerprint density at radius 2 is 1.07 bits per heavy atom. The molecule has 30 heavy (non-hydrogen) atoms. The van der Waals surface area contributed by atoms with Crippen LogP contribution in [0.5, 0.6) is 0 Å². The van der Waals surface area contributed by atoms with Crippen LogP contribution in [0.25, 0.3) is 0 Å². The summed E-state index contributed by atoms with van der Waals surface area (Å²) in [5.74, 6) is -1.46. The van der Waals surface area contributed by atoms with Gasteiger partial charge in [0.1, 0.15) is 25.4 Å². The summed E-state index contributed by atoms with van der Waals surface area (Å²) in [5.41, 5.74) is 0.930. The Morgan fingerprint density at radius 1 is 0.733 bits per heavy atom. The van der Waals surface area contributed by atoms with Gasteiger partial charge in [-0.25, -0.2) is 9.59 Å². The second-order valence-electron chi connectivity index (χ2n) is 6.35. The van der Waals surface area contributed by atoms with Gasteiger partial charge in [-0.2, -0.15) is 0 Å². The number of hydrogen-bond donors (Lipinski definition) is 2. The van der Waals surface area contributed by atoms with Gasteiger partial charge in [0.05, 0.1) is 11.1 Å². The van der Waals surface area contributed by atoms with E-state index in [0.717, 1.165) is 0 Å². The van der Waals surface area contributed by atoms with Crippen LogP contribution in [0, 0.1) is 0 Å². The molecule has 6 nitrogen and oxygen atoms in total. The van der Waals surface area contributed by atoms with E-state index in [4.69, 9.17) is 9.47 Å². The van der Waals surface area contributed by atoms with Gasteiger partial charge in [0.2, 0.25) is 0 Å². The Bertz CT molecular complexity index is 826. The van der Waals surface area contributed by atoms with Gasteiger partial charge < -0.3 is 19.7 Å². The molecule has 6 heteroatoms. The van der Waals surface area contributed by atoms with E-state index in [1.54, 1.807) is 60.7 Å². The van der Waals surface area contributed by atoms with Gasteiger partial charge in [-0.05, 0) is 23.3 Å². The van der Waals surface area contributed by atoms with Crippen molar-refractivity contribution in [2.24, 2.45) is 0 Å². The Kier molecular flexibility index (Phi) is 8.75. The molecule has 0 bridgehead atoms. The molecule has 2 atom stereocenters. The van der Waals surface area contributed by atoms with Gasteiger partial charge in [-0.3, -0.25) is 0 Å². The molecular weight excluding hydrogens is 384 g/mol. The molecule has 0 radical (unpaired) electrons. The zero-order valence-electron chi connectivity index (χ0n) is 16.4. The highest BCUT2D eigenvalue weighted by molar-refractivity contribution is 5.89. The maximum absolute atomic E-state index is 12.0. The molecular formula is C24H24O6. The van der Waals surface area contributed by atoms with E-state index in [1.807, 2.05) is 0 Å². The molecule has 2 unspecified atom stereocenters. The van der Waals surface area contributed by atoms with E-state index >= 15 is 0 Å². The number of carbonyl (C=O) groups excluding carboxylic acids is 2. The van der Waals surface area contributed by atoms with Gasteiger partial charge >= 0.3 is 11.9 Å². The predicted octanol–water partition coefficient (Wildman–Crippen LogP) is 3.21. The summed E-state index contributed by atoms with van der Waals surface area (Å²) < 4.78 is 10.0. The van der Waals surface area contributed by atoms with E-state index < -0.39 is 24.1 Å². The predicted molar refractivity (Wildman–Crippen MR) is 112 cm³/mol. The van der Waals surface area contributed by atoms with Gasteiger partial charge in [0.15, 0.2) is 0 Å². The molecule has 0 aliphatic rings. The lowest BCUT2D eigenvalue weighted by molar-refractivity contribution is -0.140. The number of rotatable bonds is 10. The summed E-state index contributed by atoms with van der Waals surface area (Å²) in [7, 11) is 0. The number of carbonyl (C=O) groups is 2. The maximum atomic E-state index is 12.0. The van der Waals surface area contributed by atoms with Crippen LogP contribution in [0.15, 0.2) is 97.1 Å². The lowest BCUT2D eigenvalue weighted by atomic mass is 10.0. The third-order valence-electron chi connectivity index (χ3n) is 4.20. The highest BCUT2D eigenvalue weighted by Gasteiger charge is 2.20. The first kappa shape index (κ1) is 22.8. The normalized spacial score (nSPS) is 12.7. The molecule has 2 N–H and O–H groups in total. The zero-order valence-corrected chi connectivity index (χ0v) is 16.4. The third-order valence-corrected chi connectivity index (χ3v) is 4.20. The van der Waals surface area contributed by atoms with Gasteiger partial charge in [0, 0.05) is 0 Å². The molecule has 2 rings (SSSR count). The smallest absolute Gasteiger partial charge is 0.336 e. The molecule has 0 aromatic heterocycles. The van der Waals surface area contributed by atoms with Gasteiger partial charge in [-0.1, -0.05) is 73.8 Å². The van der Waals surface area contributed by atoms with E-state index in [1.165, 1.54) is 12.2 Å². The molecule has 2 aromatic carbocycles. The maximum Gasteiger partial charge on any atom is 0.336 e. The van der Waals surface area contributed by atoms with E-state index in [2.05, 4.69) is 13.2 Å². The Hall–Kier alpha value is -3.48. The van der Waals surface area contributed by atoms with Gasteiger partial charge in [0.25, 0.3) is 0 Å². The molecule has 0 aliphatic carbocycles. The van der Waals surface area contributed by atoms with Crippen molar-refractivity contribution in [1.29, 1.82) is 0 Å². The van der Waals surface area contributed by atoms with Gasteiger partial charge in [-0.15, -0.1) is 0 Å². The zero-order chi connectivity index (χ0) is 21.9. The number of aliphatic hydroxyl groups is 2. The highest BCUT2D eigenvalue weighted by Crippen LogP contribution is 2.21. The van der Waals surface area contributed by atoms with Crippen LogP contribution >= 0.6 is 0 Å². The lowest BCUT2D eigenvalue weighted by Crippen LogP contribution is -2.14. The van der Waals surface area contributed by atoms with Crippen molar-refractivity contribution in [3.8, 4) is 0 Å². The Balaban J connectivity index is 1.71. The van der Waals surface area contributed by atoms with Crippen LogP contribution in [0.4, 0.5) is 0 Å². The fourth-order valence-corrected chi connectivity index (χ4v) is 2.47. The standard InChI is InChI=1S/C24H24O6/c1-17(21(25)19-11-5-3-6-12-19)23(27)29-15-9-10-16-30-24(28)18(2)22(26)20-13-7-4-8-14-20/h3-14,21-22,25-26H,1-2,15-16H2/b10-9+. The van der Waals surface area contributed by atoms with Crippen LogP contribution in [0.1, 0.15) is 23.3 Å². The molecule has 0 spiro atoms. The summed E-state index contributed by atoms with van der Waals surface area (Å²) in [6, 6.07) is 17.3. The summed E-state index contributed by atoms with van der Waals surface area (Å²) in [6.45, 7) is 7.00. The molecule has 0 saturated carbocycles. The minimum absolute atomic E-state index is 0.0766. The van der Waals surface area contributed by atoms with Crippen molar-refractivity contribution in [3.05, 3.63) is 108 Å². The Labute approximate surface area is 175 Å². The molecule has 0 heterocycles. The molecule has 0 fully saturated rings. The van der Waals surface area contributed by atoms with Crippen molar-refractivity contribution in [2.75, 3.05) is 13.2 Å². The van der Waals surface area contributed by atoms with E-state index in [0.29, 0.717) is 11.1 Å². The second-order valence-corrected chi connectivity index (χ2v) is 6.35. The van der Waals surface area contributed by atoms with Crippen LogP contribution in [-0.4, -0.2) is 35.4 Å². The monoisotopic (exact) mass is 408 g/mol. The third kappa shape index (κ3) is 6.55. The molecule has 156 valence electrons. The number of esters is 2. The lowest BCUT2D eigenvalue weighted by Gasteiger charge is -2.13. The first-order valence-corrected chi connectivity index (χ1v) is 9.24. The summed E-state index contributed by atoms with van der Waals surface area (Å²) in [5, 5.41) is 20.3. The Morgan fingerprint density at radius 3 is 1.40 bits per heavy atom. The number of ether oxygens (including phenoxy) is 2. The average molecular weight is 408 g/mol. The van der Waals surface area contributed by atoms with Crippen molar-refractivity contribution in [2.45, 2.75) is 12.2 Å². The topological polar surface area (TPSA) is 93.1 Å². The number of benzene rings is 2. The largest absolute Gasteiger partial charge is 0.458 e. The molecule has 0 amide bonds. The minimum Gasteiger partial charge on any atom is -0.458 e. The fraction of sp³-hybridized carbons (Fsp3) is 0.167. The quantitative estimate of drug-likeness (QED) is 0.356. The molecule has 0 aliphatic heterocycles. The van der Waals surface area contributed by atoms with Crippen LogP contribution in [-0.2, 0) is 19.1 Å². The van der Waals surface area contributed by atoms with Crippen LogP contribution in [0.2, 0.25) is 0 Å². The van der Waals surface area contributed by atoms with Crippen LogP contribution < -0.4 is 0 Å². The van der Waals surface area contributed by atoms with Crippen molar-refractivity contribution in [1.82, 2.24) is 0 Å². The molecule has 0 saturated heterocycles. The van der Waals surface area contributed by atoms with E-state index in [-0.39, 0.29) is 24.4 Å².